The van der Waals surface area contributed by atoms with Gasteiger partial charge >= 0.3 is 0 Å². The number of thiocarbonyl (C=S) groups is 1. The highest BCUT2D eigenvalue weighted by Crippen LogP contribution is 2.15. The Labute approximate surface area is 107 Å². The molecule has 0 fully saturated rings. The molecule has 94 valence electrons. The van der Waals surface area contributed by atoms with Crippen molar-refractivity contribution in [3.05, 3.63) is 17.8 Å². The summed E-state index contributed by atoms with van der Waals surface area (Å²) in [6.45, 7) is 1.08. The summed E-state index contributed by atoms with van der Waals surface area (Å²) >= 11 is 4.97. The lowest BCUT2D eigenvalue weighted by Crippen LogP contribution is -2.24. The summed E-state index contributed by atoms with van der Waals surface area (Å²) in [5.74, 6) is 0.712. The van der Waals surface area contributed by atoms with Gasteiger partial charge in [0.2, 0.25) is 0 Å². The molecule has 0 spiro atoms. The SMILES string of the molecule is CN(CCCCCO)c1nnccc1C(N)=S. The molecule has 0 aliphatic heterocycles. The lowest BCUT2D eigenvalue weighted by molar-refractivity contribution is 0.283. The zero-order chi connectivity index (χ0) is 12.7. The molecule has 0 atom stereocenters. The highest BCUT2D eigenvalue weighted by Gasteiger charge is 2.10. The third kappa shape index (κ3) is 4.24. The van der Waals surface area contributed by atoms with E-state index in [1.165, 1.54) is 0 Å². The van der Waals surface area contributed by atoms with Gasteiger partial charge in [-0.2, -0.15) is 5.10 Å². The second-order valence-electron chi connectivity index (χ2n) is 3.84. The number of hydrogen-bond acceptors (Lipinski definition) is 5. The quantitative estimate of drug-likeness (QED) is 0.551. The smallest absolute Gasteiger partial charge is 0.161 e. The van der Waals surface area contributed by atoms with Gasteiger partial charge in [-0.15, -0.1) is 5.10 Å². The van der Waals surface area contributed by atoms with Crippen molar-refractivity contribution >= 4 is 23.0 Å². The molecule has 6 heteroatoms. The van der Waals surface area contributed by atoms with Crippen molar-refractivity contribution in [3.63, 3.8) is 0 Å². The van der Waals surface area contributed by atoms with E-state index in [2.05, 4.69) is 10.2 Å². The molecule has 0 radical (unpaired) electrons. The Hall–Kier alpha value is -1.27. The summed E-state index contributed by atoms with van der Waals surface area (Å²) in [6.07, 6.45) is 4.39. The van der Waals surface area contributed by atoms with Crippen LogP contribution in [0.15, 0.2) is 12.3 Å². The molecule has 0 saturated carbocycles. The van der Waals surface area contributed by atoms with Crippen LogP contribution in [-0.2, 0) is 0 Å². The fourth-order valence-electron chi connectivity index (χ4n) is 1.54. The summed E-state index contributed by atoms with van der Waals surface area (Å²) < 4.78 is 0. The maximum atomic E-state index is 8.70. The number of rotatable bonds is 7. The van der Waals surface area contributed by atoms with Gasteiger partial charge in [0, 0.05) is 20.2 Å². The summed E-state index contributed by atoms with van der Waals surface area (Å²) in [7, 11) is 1.94. The monoisotopic (exact) mass is 254 g/mol. The van der Waals surface area contributed by atoms with Crippen molar-refractivity contribution in [1.82, 2.24) is 10.2 Å². The zero-order valence-electron chi connectivity index (χ0n) is 9.96. The summed E-state index contributed by atoms with van der Waals surface area (Å²) in [4.78, 5) is 2.32. The summed E-state index contributed by atoms with van der Waals surface area (Å²) in [5.41, 5.74) is 6.38. The number of nitrogens with two attached hydrogens (primary N) is 1. The fourth-order valence-corrected chi connectivity index (χ4v) is 1.70. The molecule has 0 aromatic carbocycles. The first-order valence-electron chi connectivity index (χ1n) is 5.60. The van der Waals surface area contributed by atoms with Crippen LogP contribution < -0.4 is 10.6 Å². The van der Waals surface area contributed by atoms with E-state index < -0.39 is 0 Å². The van der Waals surface area contributed by atoms with Crippen molar-refractivity contribution in [2.45, 2.75) is 19.3 Å². The average molecular weight is 254 g/mol. The van der Waals surface area contributed by atoms with Gasteiger partial charge in [-0.25, -0.2) is 0 Å². The van der Waals surface area contributed by atoms with Gasteiger partial charge in [0.15, 0.2) is 5.82 Å². The van der Waals surface area contributed by atoms with E-state index in [1.54, 1.807) is 12.3 Å². The largest absolute Gasteiger partial charge is 0.396 e. The second-order valence-corrected chi connectivity index (χ2v) is 4.28. The van der Waals surface area contributed by atoms with E-state index >= 15 is 0 Å². The maximum absolute atomic E-state index is 8.70. The van der Waals surface area contributed by atoms with E-state index in [-0.39, 0.29) is 6.61 Å². The van der Waals surface area contributed by atoms with E-state index in [1.807, 2.05) is 11.9 Å². The number of nitrogens with zero attached hydrogens (tertiary/aromatic N) is 3. The van der Waals surface area contributed by atoms with Crippen LogP contribution in [0.5, 0.6) is 0 Å². The minimum absolute atomic E-state index is 0.243. The van der Waals surface area contributed by atoms with Crippen LogP contribution in [0.3, 0.4) is 0 Å². The number of aliphatic hydroxyl groups is 1. The van der Waals surface area contributed by atoms with Crippen LogP contribution in [0.25, 0.3) is 0 Å². The molecular formula is C11H18N4OS. The predicted octanol–water partition coefficient (Wildman–Crippen LogP) is 0.710. The topological polar surface area (TPSA) is 75.3 Å². The predicted molar refractivity (Wildman–Crippen MR) is 72.1 cm³/mol. The molecule has 0 aliphatic carbocycles. The first-order chi connectivity index (χ1) is 8.16. The van der Waals surface area contributed by atoms with E-state index in [0.717, 1.165) is 31.4 Å². The zero-order valence-corrected chi connectivity index (χ0v) is 10.8. The van der Waals surface area contributed by atoms with E-state index in [4.69, 9.17) is 23.1 Å². The van der Waals surface area contributed by atoms with Crippen LogP contribution in [0, 0.1) is 0 Å². The van der Waals surface area contributed by atoms with Crippen molar-refractivity contribution in [2.75, 3.05) is 25.1 Å². The Morgan fingerprint density at radius 3 is 2.88 bits per heavy atom. The minimum atomic E-state index is 0.243. The van der Waals surface area contributed by atoms with Crippen molar-refractivity contribution < 1.29 is 5.11 Å². The van der Waals surface area contributed by atoms with Gasteiger partial charge < -0.3 is 15.7 Å². The summed E-state index contributed by atoms with van der Waals surface area (Å²) in [6, 6.07) is 1.77. The minimum Gasteiger partial charge on any atom is -0.396 e. The number of unbranched alkanes of at least 4 members (excludes halogenated alkanes) is 2. The molecule has 17 heavy (non-hydrogen) atoms. The Morgan fingerprint density at radius 2 is 2.24 bits per heavy atom. The lowest BCUT2D eigenvalue weighted by Gasteiger charge is -2.19. The van der Waals surface area contributed by atoms with Crippen LogP contribution in [-0.4, -0.2) is 40.5 Å². The van der Waals surface area contributed by atoms with Gasteiger partial charge in [0.05, 0.1) is 11.8 Å². The second kappa shape index (κ2) is 7.13. The fraction of sp³-hybridized carbons (Fsp3) is 0.545. The van der Waals surface area contributed by atoms with Crippen LogP contribution in [0.4, 0.5) is 5.82 Å². The molecule has 0 amide bonds. The van der Waals surface area contributed by atoms with Crippen LogP contribution >= 0.6 is 12.2 Å². The third-order valence-electron chi connectivity index (χ3n) is 2.48. The number of hydrogen-bond donors (Lipinski definition) is 2. The number of aliphatic hydroxyl groups excluding tert-OH is 1. The van der Waals surface area contributed by atoms with E-state index in [9.17, 15) is 0 Å². The van der Waals surface area contributed by atoms with Crippen LogP contribution in [0.1, 0.15) is 24.8 Å². The summed E-state index contributed by atoms with van der Waals surface area (Å²) in [5, 5.41) is 16.6. The number of anilines is 1. The molecule has 0 bridgehead atoms. The molecule has 0 aliphatic rings. The van der Waals surface area contributed by atoms with Gasteiger partial charge in [-0.05, 0) is 25.3 Å². The molecule has 1 aromatic rings. The Kier molecular flexibility index (Phi) is 5.79. The molecule has 0 unspecified atom stereocenters. The Bertz CT molecular complexity index is 372. The maximum Gasteiger partial charge on any atom is 0.161 e. The molecular weight excluding hydrogens is 236 g/mol. The molecule has 1 heterocycles. The Balaban J connectivity index is 2.62. The first-order valence-corrected chi connectivity index (χ1v) is 6.01. The van der Waals surface area contributed by atoms with Crippen molar-refractivity contribution in [3.8, 4) is 0 Å². The first kappa shape index (κ1) is 13.8. The van der Waals surface area contributed by atoms with Gasteiger partial charge in [-0.1, -0.05) is 12.2 Å². The molecule has 1 aromatic heterocycles. The van der Waals surface area contributed by atoms with E-state index in [0.29, 0.717) is 10.8 Å². The molecule has 0 saturated heterocycles. The normalized spacial score (nSPS) is 10.2. The third-order valence-corrected chi connectivity index (χ3v) is 2.70. The standard InChI is InChI=1S/C11H18N4OS/c1-15(7-3-2-4-8-16)11-9(10(12)17)5-6-13-14-11/h5-6,16H,2-4,7-8H2,1H3,(H2,12,17). The Morgan fingerprint density at radius 1 is 1.47 bits per heavy atom. The number of aromatic nitrogens is 2. The van der Waals surface area contributed by atoms with Gasteiger partial charge in [0.1, 0.15) is 4.99 Å². The average Bonchev–Trinajstić information content (AvgIpc) is 2.34. The molecule has 5 nitrogen and oxygen atoms in total. The highest BCUT2D eigenvalue weighted by molar-refractivity contribution is 7.80. The van der Waals surface area contributed by atoms with Gasteiger partial charge in [0.25, 0.3) is 0 Å². The van der Waals surface area contributed by atoms with Crippen LogP contribution in [0.2, 0.25) is 0 Å². The lowest BCUT2D eigenvalue weighted by atomic mass is 10.2. The highest BCUT2D eigenvalue weighted by atomic mass is 32.1. The van der Waals surface area contributed by atoms with Crippen molar-refractivity contribution in [2.24, 2.45) is 5.73 Å². The molecule has 3 N–H and O–H groups in total. The van der Waals surface area contributed by atoms with Gasteiger partial charge in [-0.3, -0.25) is 0 Å². The molecule has 1 rings (SSSR count). The van der Waals surface area contributed by atoms with Crippen molar-refractivity contribution in [1.29, 1.82) is 0 Å².